The fourth-order valence-corrected chi connectivity index (χ4v) is 10.5. The maximum Gasteiger partial charge on any atom is 0.243 e. The van der Waals surface area contributed by atoms with Crippen LogP contribution in [0.25, 0.3) is 0 Å². The maximum atomic E-state index is 14.7. The van der Waals surface area contributed by atoms with E-state index in [4.69, 9.17) is 22.9 Å². The molecule has 24 nitrogen and oxygen atoms in total. The molecule has 88 heavy (non-hydrogen) atoms. The summed E-state index contributed by atoms with van der Waals surface area (Å²) in [5.74, 6) is -7.16. The van der Waals surface area contributed by atoms with Crippen molar-refractivity contribution in [2.75, 3.05) is 26.2 Å². The van der Waals surface area contributed by atoms with Crippen LogP contribution in [0, 0.1) is 17.8 Å². The number of hydrogen-bond donors (Lipinski definition) is 14. The van der Waals surface area contributed by atoms with Crippen LogP contribution in [0.3, 0.4) is 0 Å². The molecule has 0 aromatic heterocycles. The minimum Gasteiger partial charge on any atom is -0.394 e. The number of Topliss-reactive ketones (excluding diaryl/α,β-unsaturated/α-hetero) is 1. The fourth-order valence-electron chi connectivity index (χ4n) is 10.5. The molecule has 3 aromatic rings. The Kier molecular flexibility index (Phi) is 31.9. The van der Waals surface area contributed by atoms with Crippen LogP contribution in [-0.4, -0.2) is 151 Å². The van der Waals surface area contributed by atoms with E-state index < -0.39 is 126 Å². The van der Waals surface area contributed by atoms with Gasteiger partial charge in [-0.15, -0.1) is 0 Å². The molecule has 0 radical (unpaired) electrons. The minimum atomic E-state index is -1.36. The van der Waals surface area contributed by atoms with E-state index in [1.807, 2.05) is 27.7 Å². The van der Waals surface area contributed by atoms with Crippen molar-refractivity contribution in [2.45, 2.75) is 185 Å². The van der Waals surface area contributed by atoms with Crippen LogP contribution in [0.1, 0.15) is 122 Å². The number of nitrogens with one attached hydrogen (secondary N) is 9. The number of carbonyl (C=O) groups is 10. The van der Waals surface area contributed by atoms with Gasteiger partial charge in [0, 0.05) is 19.3 Å². The van der Waals surface area contributed by atoms with E-state index in [1.54, 1.807) is 91.0 Å². The molecule has 18 N–H and O–H groups in total. The maximum absolute atomic E-state index is 14.7. The second-order valence-electron chi connectivity index (χ2n) is 23.8. The van der Waals surface area contributed by atoms with Gasteiger partial charge in [-0.2, -0.15) is 0 Å². The van der Waals surface area contributed by atoms with Gasteiger partial charge in [-0.3, -0.25) is 47.9 Å². The molecule has 0 spiro atoms. The zero-order chi connectivity index (χ0) is 64.7. The molecule has 0 bridgehead atoms. The Morgan fingerprint density at radius 1 is 0.409 bits per heavy atom. The number of aliphatic hydroxyl groups excluding tert-OH is 1. The molecule has 9 amide bonds. The van der Waals surface area contributed by atoms with Gasteiger partial charge < -0.3 is 75.9 Å². The summed E-state index contributed by atoms with van der Waals surface area (Å²) in [5.41, 5.74) is 26.3. The molecule has 1 aliphatic rings. The highest BCUT2D eigenvalue weighted by atomic mass is 16.3. The third-order valence-electron chi connectivity index (χ3n) is 15.3. The Hall–Kier alpha value is -7.64. The fraction of sp³-hybridized carbons (Fsp3) is 0.562. The van der Waals surface area contributed by atoms with Crippen molar-refractivity contribution in [2.24, 2.45) is 40.7 Å². The first-order chi connectivity index (χ1) is 42.0. The lowest BCUT2D eigenvalue weighted by molar-refractivity contribution is -0.136. The molecule has 24 heteroatoms. The highest BCUT2D eigenvalue weighted by Crippen LogP contribution is 2.27. The van der Waals surface area contributed by atoms with Crippen molar-refractivity contribution >= 4 is 58.9 Å². The van der Waals surface area contributed by atoms with Crippen molar-refractivity contribution in [1.82, 2.24) is 47.9 Å². The molecule has 484 valence electrons. The predicted octanol–water partition coefficient (Wildman–Crippen LogP) is 0.0953. The first-order valence-electron chi connectivity index (χ1n) is 30.9. The average molecular weight is 1220 g/mol. The number of benzene rings is 3. The lowest BCUT2D eigenvalue weighted by Crippen LogP contribution is -2.61. The third kappa shape index (κ3) is 25.6. The second kappa shape index (κ2) is 38.6. The van der Waals surface area contributed by atoms with Gasteiger partial charge in [-0.25, -0.2) is 0 Å². The molecule has 4 rings (SSSR count). The quantitative estimate of drug-likeness (QED) is 0.0362. The van der Waals surface area contributed by atoms with Gasteiger partial charge in [0.2, 0.25) is 53.2 Å². The van der Waals surface area contributed by atoms with Gasteiger partial charge in [0.25, 0.3) is 0 Å². The summed E-state index contributed by atoms with van der Waals surface area (Å²) in [6, 6.07) is 14.1. The molecule has 1 fully saturated rings. The zero-order valence-electron chi connectivity index (χ0n) is 51.7. The van der Waals surface area contributed by atoms with Crippen molar-refractivity contribution in [3.8, 4) is 0 Å². The molecule has 0 heterocycles. The van der Waals surface area contributed by atoms with E-state index in [9.17, 15) is 53.1 Å². The summed E-state index contributed by atoms with van der Waals surface area (Å²) in [5, 5.41) is 34.3. The second-order valence-corrected chi connectivity index (χ2v) is 23.8. The van der Waals surface area contributed by atoms with Crippen molar-refractivity contribution in [3.63, 3.8) is 0 Å². The Morgan fingerprint density at radius 2 is 0.682 bits per heavy atom. The van der Waals surface area contributed by atoms with Crippen LogP contribution in [0.4, 0.5) is 0 Å². The zero-order valence-corrected chi connectivity index (χ0v) is 51.7. The Labute approximate surface area is 517 Å². The number of amides is 9. The molecule has 0 aliphatic heterocycles. The van der Waals surface area contributed by atoms with Crippen LogP contribution in [-0.2, 0) is 67.2 Å². The Morgan fingerprint density at radius 3 is 0.977 bits per heavy atom. The van der Waals surface area contributed by atoms with Gasteiger partial charge in [-0.1, -0.05) is 151 Å². The number of ketones is 1. The van der Waals surface area contributed by atoms with Gasteiger partial charge >= 0.3 is 0 Å². The molecule has 0 saturated heterocycles. The number of rotatable bonds is 38. The molecule has 10 atom stereocenters. The van der Waals surface area contributed by atoms with Crippen molar-refractivity contribution < 1.29 is 53.1 Å². The standard InChI is InChI=1S/C64H97N13O11/c1-39(2)32-50(60(84)70-48(27-30-66)58(82)72-51(33-40(3)4)61(85)76-54(37-45-24-16-9-17-25-45)64(88)77-55(38-78)41(5)79)73-63(87)53(36-44-22-14-8-15-23-44)75-59(83)49(28-31-67)71-62(86)52(35-43-20-12-7-13-21-43)74-57(81)47(26-29-65)69-56(80)46(68)34-42-18-10-6-11-19-42/h7-9,12-17,20-25,39-40,42,46-55,78H,6,10-11,18-19,26-38,65-68H2,1-5H3,(H,69,80)(H,70,84)(H,71,86)(H,72,82)(H,73,87)(H,74,81)(H,75,83)(H,76,85)(H,77,88)/t46-,47-,48-,49-,50-,51+,52-,53+,54-,55-/m0/s1. The number of hydrogen-bond acceptors (Lipinski definition) is 15. The van der Waals surface area contributed by atoms with E-state index >= 15 is 0 Å². The number of carbonyl (C=O) groups excluding carboxylic acids is 10. The lowest BCUT2D eigenvalue weighted by Gasteiger charge is -2.29. The topological polar surface area (TPSA) is 403 Å². The van der Waals surface area contributed by atoms with Gasteiger partial charge in [0.05, 0.1) is 12.6 Å². The largest absolute Gasteiger partial charge is 0.394 e. The van der Waals surface area contributed by atoms with Crippen LogP contribution >= 0.6 is 0 Å². The first-order valence-corrected chi connectivity index (χ1v) is 30.9. The summed E-state index contributed by atoms with van der Waals surface area (Å²) in [7, 11) is 0. The summed E-state index contributed by atoms with van der Waals surface area (Å²) in [6.45, 7) is 7.68. The van der Waals surface area contributed by atoms with E-state index in [-0.39, 0.29) is 82.8 Å². The molecule has 3 aromatic carbocycles. The summed E-state index contributed by atoms with van der Waals surface area (Å²) >= 11 is 0. The summed E-state index contributed by atoms with van der Waals surface area (Å²) in [6.07, 6.45) is 5.60. The molecular weight excluding hydrogens is 1130 g/mol. The lowest BCUT2D eigenvalue weighted by atomic mass is 9.85. The third-order valence-corrected chi connectivity index (χ3v) is 15.3. The molecular formula is C64H97N13O11. The van der Waals surface area contributed by atoms with E-state index in [2.05, 4.69) is 47.9 Å². The van der Waals surface area contributed by atoms with E-state index in [0.717, 1.165) is 32.1 Å². The normalized spacial score (nSPS) is 15.9. The molecule has 1 saturated carbocycles. The van der Waals surface area contributed by atoms with Crippen molar-refractivity contribution in [1.29, 1.82) is 0 Å². The first kappa shape index (κ1) is 72.8. The number of aliphatic hydroxyl groups is 1. The SMILES string of the molecule is CC(=O)[C@H](CO)NC(=O)[C@H](Cc1ccccc1)NC(=O)[C@@H](CC(C)C)NC(=O)[C@H](CCN)NC(=O)[C@H](CC(C)C)NC(=O)[C@@H](Cc1ccccc1)NC(=O)[C@H](CCN)NC(=O)[C@H](Cc1ccccc1)NC(=O)[C@H](CCN)NC(=O)[C@@H](N)CC1CCCCC1. The highest BCUT2D eigenvalue weighted by molar-refractivity contribution is 5.99. The Balaban J connectivity index is 1.56. The summed E-state index contributed by atoms with van der Waals surface area (Å²) in [4.78, 5) is 140. The predicted molar refractivity (Wildman–Crippen MR) is 335 cm³/mol. The monoisotopic (exact) mass is 1220 g/mol. The van der Waals surface area contributed by atoms with Gasteiger partial charge in [-0.05, 0) is 99.5 Å². The minimum absolute atomic E-state index is 0.000230. The number of nitrogens with two attached hydrogens (primary N) is 4. The van der Waals surface area contributed by atoms with Gasteiger partial charge in [0.15, 0.2) is 5.78 Å². The molecule has 1 aliphatic carbocycles. The smallest absolute Gasteiger partial charge is 0.243 e. The average Bonchev–Trinajstić information content (AvgIpc) is 3.70. The van der Waals surface area contributed by atoms with Crippen LogP contribution < -0.4 is 70.8 Å². The summed E-state index contributed by atoms with van der Waals surface area (Å²) < 4.78 is 0. The van der Waals surface area contributed by atoms with Crippen LogP contribution in [0.2, 0.25) is 0 Å². The molecule has 0 unspecified atom stereocenters. The highest BCUT2D eigenvalue weighted by Gasteiger charge is 2.36. The van der Waals surface area contributed by atoms with E-state index in [0.29, 0.717) is 29.0 Å². The Bertz CT molecular complexity index is 2700. The van der Waals surface area contributed by atoms with Gasteiger partial charge in [0.1, 0.15) is 54.4 Å². The van der Waals surface area contributed by atoms with Crippen molar-refractivity contribution in [3.05, 3.63) is 108 Å². The van der Waals surface area contributed by atoms with Crippen LogP contribution in [0.15, 0.2) is 91.0 Å². The van der Waals surface area contributed by atoms with E-state index in [1.165, 1.54) is 6.92 Å². The van der Waals surface area contributed by atoms with Crippen LogP contribution in [0.5, 0.6) is 0 Å².